The lowest BCUT2D eigenvalue weighted by Crippen LogP contribution is -2.36. The number of nitrogens with zero attached hydrogens (tertiary/aromatic N) is 3. The number of rotatable bonds is 8. The van der Waals surface area contributed by atoms with Gasteiger partial charge in [0.05, 0.1) is 11.8 Å². The van der Waals surface area contributed by atoms with Gasteiger partial charge in [-0.15, -0.1) is 0 Å². The number of alkyl halides is 3. The Kier molecular flexibility index (Phi) is 7.48. The van der Waals surface area contributed by atoms with Crippen LogP contribution in [0.15, 0.2) is 42.9 Å². The quantitative estimate of drug-likeness (QED) is 0.747. The van der Waals surface area contributed by atoms with Gasteiger partial charge in [0.2, 0.25) is 5.91 Å². The third kappa shape index (κ3) is 6.33. The van der Waals surface area contributed by atoms with Crippen molar-refractivity contribution in [2.75, 3.05) is 13.1 Å². The molecule has 0 unspecified atom stereocenters. The number of aromatic nitrogens is 2. The van der Waals surface area contributed by atoms with Crippen molar-refractivity contribution < 1.29 is 22.8 Å². The van der Waals surface area contributed by atoms with Crippen LogP contribution in [0, 0.1) is 0 Å². The Morgan fingerprint density at radius 1 is 1.18 bits per heavy atom. The third-order valence-electron chi connectivity index (χ3n) is 3.92. The van der Waals surface area contributed by atoms with Gasteiger partial charge in [0.15, 0.2) is 0 Å². The summed E-state index contributed by atoms with van der Waals surface area (Å²) in [6, 6.07) is 4.79. The summed E-state index contributed by atoms with van der Waals surface area (Å²) in [4.78, 5) is 33.8. The van der Waals surface area contributed by atoms with E-state index in [1.165, 1.54) is 35.6 Å². The van der Waals surface area contributed by atoms with Crippen LogP contribution in [0.1, 0.15) is 41.4 Å². The molecule has 2 amide bonds. The highest BCUT2D eigenvalue weighted by molar-refractivity contribution is 5.92. The molecule has 0 aliphatic rings. The van der Waals surface area contributed by atoms with Crippen LogP contribution in [-0.2, 0) is 17.5 Å². The summed E-state index contributed by atoms with van der Waals surface area (Å²) in [5.41, 5.74) is -0.215. The van der Waals surface area contributed by atoms with Gasteiger partial charge < -0.3 is 10.2 Å². The summed E-state index contributed by atoms with van der Waals surface area (Å²) in [6.45, 7) is 2.52. The fourth-order valence-corrected chi connectivity index (χ4v) is 2.54. The molecule has 1 heterocycles. The Morgan fingerprint density at radius 2 is 1.96 bits per heavy atom. The van der Waals surface area contributed by atoms with Gasteiger partial charge >= 0.3 is 6.18 Å². The fourth-order valence-electron chi connectivity index (χ4n) is 2.54. The van der Waals surface area contributed by atoms with Crippen LogP contribution in [-0.4, -0.2) is 39.8 Å². The van der Waals surface area contributed by atoms with Crippen LogP contribution in [0.25, 0.3) is 0 Å². The first-order chi connectivity index (χ1) is 13.3. The van der Waals surface area contributed by atoms with E-state index in [0.717, 1.165) is 12.1 Å². The molecule has 2 aromatic rings. The molecule has 0 bridgehead atoms. The lowest BCUT2D eigenvalue weighted by atomic mass is 10.1. The molecule has 1 N–H and O–H groups in total. The van der Waals surface area contributed by atoms with E-state index in [4.69, 9.17) is 0 Å². The highest BCUT2D eigenvalue weighted by atomic mass is 19.4. The smallest absolute Gasteiger partial charge is 0.352 e. The summed E-state index contributed by atoms with van der Waals surface area (Å²) >= 11 is 0. The van der Waals surface area contributed by atoms with E-state index < -0.39 is 11.7 Å². The second kappa shape index (κ2) is 9.82. The van der Waals surface area contributed by atoms with Gasteiger partial charge in [-0.2, -0.15) is 13.2 Å². The number of carbonyl (C=O) groups excluding carboxylic acids is 2. The monoisotopic (exact) mass is 394 g/mol. The lowest BCUT2D eigenvalue weighted by molar-refractivity contribution is -0.137. The van der Waals surface area contributed by atoms with E-state index in [9.17, 15) is 22.8 Å². The first-order valence-corrected chi connectivity index (χ1v) is 8.79. The van der Waals surface area contributed by atoms with E-state index in [1.54, 1.807) is 0 Å². The van der Waals surface area contributed by atoms with Crippen molar-refractivity contribution in [2.45, 2.75) is 32.5 Å². The molecule has 28 heavy (non-hydrogen) atoms. The fraction of sp³-hybridized carbons (Fsp3) is 0.368. The summed E-state index contributed by atoms with van der Waals surface area (Å²) < 4.78 is 38.2. The molecule has 0 fully saturated rings. The predicted molar refractivity (Wildman–Crippen MR) is 96.1 cm³/mol. The molecule has 0 spiro atoms. The van der Waals surface area contributed by atoms with E-state index >= 15 is 0 Å². The zero-order valence-electron chi connectivity index (χ0n) is 15.4. The molecular formula is C19H21F3N4O2. The van der Waals surface area contributed by atoms with Crippen molar-refractivity contribution in [3.63, 3.8) is 0 Å². The highest BCUT2D eigenvalue weighted by Crippen LogP contribution is 2.29. The van der Waals surface area contributed by atoms with Crippen LogP contribution >= 0.6 is 0 Å². The van der Waals surface area contributed by atoms with Crippen LogP contribution in [0.2, 0.25) is 0 Å². The Bertz CT molecular complexity index is 797. The van der Waals surface area contributed by atoms with Gasteiger partial charge in [0.25, 0.3) is 5.91 Å². The maximum Gasteiger partial charge on any atom is 0.416 e. The molecule has 6 nitrogen and oxygen atoms in total. The normalized spacial score (nSPS) is 11.1. The molecule has 1 aromatic heterocycles. The number of benzene rings is 1. The minimum Gasteiger partial charge on any atom is -0.352 e. The van der Waals surface area contributed by atoms with Crippen molar-refractivity contribution in [3.05, 3.63) is 59.7 Å². The van der Waals surface area contributed by atoms with Gasteiger partial charge in [-0.1, -0.05) is 19.1 Å². The van der Waals surface area contributed by atoms with Crippen molar-refractivity contribution in [1.29, 1.82) is 0 Å². The maximum absolute atomic E-state index is 12.7. The summed E-state index contributed by atoms with van der Waals surface area (Å²) in [6.07, 6.45) is 0.546. The lowest BCUT2D eigenvalue weighted by Gasteiger charge is -2.21. The molecule has 0 aliphatic heterocycles. The summed E-state index contributed by atoms with van der Waals surface area (Å²) in [7, 11) is 0. The zero-order valence-corrected chi connectivity index (χ0v) is 15.4. The zero-order chi connectivity index (χ0) is 20.6. The molecule has 150 valence electrons. The molecule has 0 saturated carbocycles. The number of hydrogen-bond donors (Lipinski definition) is 1. The largest absolute Gasteiger partial charge is 0.416 e. The van der Waals surface area contributed by atoms with E-state index in [0.29, 0.717) is 18.5 Å². The van der Waals surface area contributed by atoms with Crippen LogP contribution < -0.4 is 5.32 Å². The standard InChI is InChI=1S/C19H21F3N4O2/c1-2-9-26(18(28)16-13-23-7-8-24-16)10-6-17(27)25-12-14-4-3-5-15(11-14)19(20,21)22/h3-5,7-8,11,13H,2,6,9-10,12H2,1H3,(H,25,27). The van der Waals surface area contributed by atoms with Crippen molar-refractivity contribution in [2.24, 2.45) is 0 Å². The number of hydrogen-bond acceptors (Lipinski definition) is 4. The maximum atomic E-state index is 12.7. The Labute approximate surface area is 160 Å². The third-order valence-corrected chi connectivity index (χ3v) is 3.92. The van der Waals surface area contributed by atoms with Gasteiger partial charge in [-0.3, -0.25) is 14.6 Å². The van der Waals surface area contributed by atoms with Crippen LogP contribution in [0.5, 0.6) is 0 Å². The summed E-state index contributed by atoms with van der Waals surface area (Å²) in [5, 5.41) is 2.58. The van der Waals surface area contributed by atoms with Gasteiger partial charge in [-0.25, -0.2) is 4.98 Å². The molecular weight excluding hydrogens is 373 g/mol. The second-order valence-electron chi connectivity index (χ2n) is 6.11. The number of halogens is 3. The van der Waals surface area contributed by atoms with E-state index in [2.05, 4.69) is 15.3 Å². The van der Waals surface area contributed by atoms with Crippen LogP contribution in [0.4, 0.5) is 13.2 Å². The molecule has 9 heteroatoms. The van der Waals surface area contributed by atoms with E-state index in [-0.39, 0.29) is 37.0 Å². The number of nitrogens with one attached hydrogen (secondary N) is 1. The van der Waals surface area contributed by atoms with Crippen LogP contribution in [0.3, 0.4) is 0 Å². The topological polar surface area (TPSA) is 75.2 Å². The van der Waals surface area contributed by atoms with Crippen molar-refractivity contribution >= 4 is 11.8 Å². The molecule has 0 aliphatic carbocycles. The SMILES string of the molecule is CCCN(CCC(=O)NCc1cccc(C(F)(F)F)c1)C(=O)c1cnccn1. The second-order valence-corrected chi connectivity index (χ2v) is 6.11. The molecule has 0 radical (unpaired) electrons. The first-order valence-electron chi connectivity index (χ1n) is 8.79. The minimum absolute atomic E-state index is 0.0192. The number of amides is 2. The van der Waals surface area contributed by atoms with Gasteiger partial charge in [0.1, 0.15) is 5.69 Å². The van der Waals surface area contributed by atoms with Gasteiger partial charge in [-0.05, 0) is 24.1 Å². The van der Waals surface area contributed by atoms with Crippen molar-refractivity contribution in [3.8, 4) is 0 Å². The number of carbonyl (C=O) groups is 2. The Morgan fingerprint density at radius 3 is 2.61 bits per heavy atom. The minimum atomic E-state index is -4.43. The predicted octanol–water partition coefficient (Wildman–Crippen LogP) is 3.05. The molecule has 1 aromatic carbocycles. The average Bonchev–Trinajstić information content (AvgIpc) is 2.69. The average molecular weight is 394 g/mol. The van der Waals surface area contributed by atoms with Crippen molar-refractivity contribution in [1.82, 2.24) is 20.2 Å². The Hall–Kier alpha value is -2.97. The Balaban J connectivity index is 1.89. The van der Waals surface area contributed by atoms with Gasteiger partial charge in [0, 0.05) is 38.4 Å². The molecule has 2 rings (SSSR count). The summed E-state index contributed by atoms with van der Waals surface area (Å²) in [5.74, 6) is -0.675. The first kappa shape index (κ1) is 21.3. The molecule has 0 saturated heterocycles. The van der Waals surface area contributed by atoms with E-state index in [1.807, 2.05) is 6.92 Å². The highest BCUT2D eigenvalue weighted by Gasteiger charge is 2.30. The molecule has 0 atom stereocenters.